The van der Waals surface area contributed by atoms with Crippen LogP contribution < -0.4 is 0 Å². The normalized spacial score (nSPS) is 30.4. The van der Waals surface area contributed by atoms with Crippen molar-refractivity contribution in [1.82, 2.24) is 10.2 Å². The van der Waals surface area contributed by atoms with Crippen molar-refractivity contribution in [2.75, 3.05) is 0 Å². The summed E-state index contributed by atoms with van der Waals surface area (Å²) >= 11 is 5.74. The van der Waals surface area contributed by atoms with Crippen molar-refractivity contribution < 1.29 is 9.84 Å². The summed E-state index contributed by atoms with van der Waals surface area (Å²) in [7, 11) is 0. The molecule has 1 aliphatic heterocycles. The molecule has 0 amide bonds. The Morgan fingerprint density at radius 2 is 2.36 bits per heavy atom. The molecule has 0 aliphatic carbocycles. The van der Waals surface area contributed by atoms with E-state index in [1.165, 1.54) is 0 Å². The number of ether oxygens (including phenoxy) is 1. The molecule has 76 valence electrons. The number of nitrogens with zero attached hydrogens (tertiary/aromatic N) is 2. The van der Waals surface area contributed by atoms with Gasteiger partial charge in [0, 0.05) is 5.56 Å². The SMILES string of the molecule is CCC1(C)OC(O)c2nnc(Cl)cc21. The van der Waals surface area contributed by atoms with Crippen LogP contribution in [0.15, 0.2) is 6.07 Å². The Morgan fingerprint density at radius 1 is 1.64 bits per heavy atom. The van der Waals surface area contributed by atoms with Gasteiger partial charge >= 0.3 is 0 Å². The lowest BCUT2D eigenvalue weighted by molar-refractivity contribution is -0.167. The molecular formula is C9H11ClN2O2. The Labute approximate surface area is 86.9 Å². The van der Waals surface area contributed by atoms with Gasteiger partial charge in [-0.2, -0.15) is 0 Å². The molecule has 2 rings (SSSR count). The topological polar surface area (TPSA) is 55.2 Å². The molecule has 1 N–H and O–H groups in total. The first kappa shape index (κ1) is 9.83. The van der Waals surface area contributed by atoms with E-state index in [2.05, 4.69) is 10.2 Å². The van der Waals surface area contributed by atoms with E-state index < -0.39 is 11.9 Å². The Bertz CT molecular complexity index is 372. The first-order valence-electron chi connectivity index (χ1n) is 4.46. The van der Waals surface area contributed by atoms with E-state index in [1.54, 1.807) is 6.07 Å². The molecule has 1 aliphatic rings. The number of aliphatic hydroxyl groups excluding tert-OH is 1. The van der Waals surface area contributed by atoms with Crippen LogP contribution in [0.2, 0.25) is 5.15 Å². The van der Waals surface area contributed by atoms with E-state index in [9.17, 15) is 5.11 Å². The fourth-order valence-electron chi connectivity index (χ4n) is 1.62. The number of fused-ring (bicyclic) bond motifs is 1. The minimum Gasteiger partial charge on any atom is -0.363 e. The molecule has 0 saturated heterocycles. The van der Waals surface area contributed by atoms with Crippen LogP contribution in [0.4, 0.5) is 0 Å². The van der Waals surface area contributed by atoms with Crippen molar-refractivity contribution >= 4 is 11.6 Å². The van der Waals surface area contributed by atoms with Crippen LogP contribution in [-0.4, -0.2) is 15.3 Å². The van der Waals surface area contributed by atoms with E-state index in [1.807, 2.05) is 13.8 Å². The van der Waals surface area contributed by atoms with Crippen molar-refractivity contribution in [1.29, 1.82) is 0 Å². The summed E-state index contributed by atoms with van der Waals surface area (Å²) in [6.45, 7) is 3.89. The molecule has 1 aromatic heterocycles. The van der Waals surface area contributed by atoms with Crippen LogP contribution in [0, 0.1) is 0 Å². The lowest BCUT2D eigenvalue weighted by Crippen LogP contribution is -2.19. The predicted octanol–water partition coefficient (Wildman–Crippen LogP) is 1.78. The highest BCUT2D eigenvalue weighted by Crippen LogP contribution is 2.43. The average Bonchev–Trinajstić information content (AvgIpc) is 2.40. The Morgan fingerprint density at radius 3 is 3.00 bits per heavy atom. The second kappa shape index (κ2) is 3.15. The lowest BCUT2D eigenvalue weighted by Gasteiger charge is -2.22. The quantitative estimate of drug-likeness (QED) is 0.774. The zero-order chi connectivity index (χ0) is 10.3. The summed E-state index contributed by atoms with van der Waals surface area (Å²) in [6.07, 6.45) is -0.237. The summed E-state index contributed by atoms with van der Waals surface area (Å²) in [5.74, 6) is 0. The van der Waals surface area contributed by atoms with Crippen molar-refractivity contribution in [2.45, 2.75) is 32.2 Å². The molecule has 14 heavy (non-hydrogen) atoms. The van der Waals surface area contributed by atoms with Gasteiger partial charge in [0.15, 0.2) is 5.15 Å². The minimum absolute atomic E-state index is 0.320. The highest BCUT2D eigenvalue weighted by molar-refractivity contribution is 6.29. The first-order valence-corrected chi connectivity index (χ1v) is 4.84. The predicted molar refractivity (Wildman–Crippen MR) is 50.7 cm³/mol. The fraction of sp³-hybridized carbons (Fsp3) is 0.556. The van der Waals surface area contributed by atoms with Gasteiger partial charge in [-0.1, -0.05) is 18.5 Å². The monoisotopic (exact) mass is 214 g/mol. The lowest BCUT2D eigenvalue weighted by atomic mass is 9.95. The smallest absolute Gasteiger partial charge is 0.201 e. The number of hydrogen-bond acceptors (Lipinski definition) is 4. The molecule has 2 atom stereocenters. The van der Waals surface area contributed by atoms with Gasteiger partial charge in [-0.25, -0.2) is 0 Å². The van der Waals surface area contributed by atoms with Gasteiger partial charge in [-0.3, -0.25) is 0 Å². The molecule has 1 aromatic rings. The largest absolute Gasteiger partial charge is 0.363 e. The maximum atomic E-state index is 9.57. The van der Waals surface area contributed by atoms with E-state index in [0.29, 0.717) is 10.8 Å². The highest BCUT2D eigenvalue weighted by Gasteiger charge is 2.41. The van der Waals surface area contributed by atoms with E-state index in [0.717, 1.165) is 12.0 Å². The van der Waals surface area contributed by atoms with Gasteiger partial charge in [0.25, 0.3) is 0 Å². The Hall–Kier alpha value is -0.710. The van der Waals surface area contributed by atoms with Crippen molar-refractivity contribution in [2.24, 2.45) is 0 Å². The second-order valence-corrected chi connectivity index (χ2v) is 3.91. The zero-order valence-electron chi connectivity index (χ0n) is 7.99. The van der Waals surface area contributed by atoms with Crippen molar-refractivity contribution in [3.05, 3.63) is 22.5 Å². The van der Waals surface area contributed by atoms with Crippen LogP contribution in [0.5, 0.6) is 0 Å². The van der Waals surface area contributed by atoms with Crippen molar-refractivity contribution in [3.8, 4) is 0 Å². The molecule has 0 aromatic carbocycles. The summed E-state index contributed by atoms with van der Waals surface area (Å²) in [5.41, 5.74) is 0.792. The number of rotatable bonds is 1. The molecule has 0 radical (unpaired) electrons. The van der Waals surface area contributed by atoms with Crippen LogP contribution in [0.1, 0.15) is 37.8 Å². The maximum Gasteiger partial charge on any atom is 0.201 e. The minimum atomic E-state index is -0.986. The molecule has 0 bridgehead atoms. The summed E-state index contributed by atoms with van der Waals surface area (Å²) in [6, 6.07) is 1.70. The molecule has 2 unspecified atom stereocenters. The first-order chi connectivity index (χ1) is 6.57. The third-order valence-electron chi connectivity index (χ3n) is 2.64. The molecule has 0 spiro atoms. The Kier molecular flexibility index (Phi) is 2.21. The molecular weight excluding hydrogens is 204 g/mol. The molecule has 0 fully saturated rings. The number of aliphatic hydroxyl groups is 1. The third-order valence-corrected chi connectivity index (χ3v) is 2.83. The summed E-state index contributed by atoms with van der Waals surface area (Å²) in [5, 5.41) is 17.4. The van der Waals surface area contributed by atoms with Gasteiger partial charge in [0.1, 0.15) is 5.69 Å². The molecule has 4 nitrogen and oxygen atoms in total. The standard InChI is InChI=1S/C9H11ClN2O2/c1-3-9(2)5-4-6(10)11-12-7(5)8(13)14-9/h4,8,13H,3H2,1-2H3. The van der Waals surface area contributed by atoms with Crippen LogP contribution in [-0.2, 0) is 10.3 Å². The summed E-state index contributed by atoms with van der Waals surface area (Å²) in [4.78, 5) is 0. The van der Waals surface area contributed by atoms with Gasteiger partial charge in [-0.15, -0.1) is 10.2 Å². The average molecular weight is 215 g/mol. The fourth-order valence-corrected chi connectivity index (χ4v) is 1.77. The third kappa shape index (κ3) is 1.30. The van der Waals surface area contributed by atoms with Gasteiger partial charge in [0.2, 0.25) is 6.29 Å². The zero-order valence-corrected chi connectivity index (χ0v) is 8.75. The van der Waals surface area contributed by atoms with Gasteiger partial charge in [-0.05, 0) is 19.4 Å². The number of hydrogen-bond donors (Lipinski definition) is 1. The molecule has 2 heterocycles. The van der Waals surface area contributed by atoms with Crippen LogP contribution in [0.25, 0.3) is 0 Å². The van der Waals surface area contributed by atoms with E-state index in [4.69, 9.17) is 16.3 Å². The molecule has 5 heteroatoms. The van der Waals surface area contributed by atoms with Gasteiger partial charge < -0.3 is 9.84 Å². The molecule has 0 saturated carbocycles. The van der Waals surface area contributed by atoms with Crippen LogP contribution in [0.3, 0.4) is 0 Å². The van der Waals surface area contributed by atoms with Crippen LogP contribution >= 0.6 is 11.6 Å². The summed E-state index contributed by atoms with van der Waals surface area (Å²) < 4.78 is 5.42. The Balaban J connectivity index is 2.56. The van der Waals surface area contributed by atoms with E-state index >= 15 is 0 Å². The number of aromatic nitrogens is 2. The maximum absolute atomic E-state index is 9.57. The number of halogens is 1. The second-order valence-electron chi connectivity index (χ2n) is 3.52. The highest BCUT2D eigenvalue weighted by atomic mass is 35.5. The van der Waals surface area contributed by atoms with E-state index in [-0.39, 0.29) is 0 Å². The van der Waals surface area contributed by atoms with Crippen molar-refractivity contribution in [3.63, 3.8) is 0 Å². The van der Waals surface area contributed by atoms with Gasteiger partial charge in [0.05, 0.1) is 5.60 Å².